The molecule has 3 aromatic heterocycles. The average molecular weight is 338 g/mol. The summed E-state index contributed by atoms with van der Waals surface area (Å²) in [7, 11) is 0. The predicted molar refractivity (Wildman–Crippen MR) is 102 cm³/mol. The van der Waals surface area contributed by atoms with Crippen LogP contribution in [0.3, 0.4) is 0 Å². The first-order chi connectivity index (χ1) is 11.7. The van der Waals surface area contributed by atoms with Gasteiger partial charge in [0.2, 0.25) is 0 Å². The van der Waals surface area contributed by atoms with Crippen molar-refractivity contribution in [1.29, 1.82) is 0 Å². The van der Waals surface area contributed by atoms with E-state index in [-0.39, 0.29) is 7.43 Å². The van der Waals surface area contributed by atoms with Gasteiger partial charge in [0.25, 0.3) is 0 Å². The zero-order chi connectivity index (χ0) is 16.5. The van der Waals surface area contributed by atoms with E-state index in [1.165, 1.54) is 11.1 Å². The van der Waals surface area contributed by atoms with Crippen molar-refractivity contribution in [2.45, 2.75) is 34.2 Å². The van der Waals surface area contributed by atoms with Crippen LogP contribution in [0.1, 0.15) is 25.1 Å². The maximum absolute atomic E-state index is 5.50. The molecule has 5 nitrogen and oxygen atoms in total. The normalized spacial score (nSPS) is 16.8. The Morgan fingerprint density at radius 3 is 2.80 bits per heavy atom. The molecule has 0 bridgehead atoms. The zero-order valence-corrected chi connectivity index (χ0v) is 14.1. The van der Waals surface area contributed by atoms with Gasteiger partial charge in [-0.05, 0) is 44.0 Å². The number of rotatable bonds is 4. The molecule has 4 heterocycles. The van der Waals surface area contributed by atoms with Crippen LogP contribution in [0.2, 0.25) is 0 Å². The summed E-state index contributed by atoms with van der Waals surface area (Å²) >= 11 is 0. The highest BCUT2D eigenvalue weighted by Crippen LogP contribution is 2.29. The van der Waals surface area contributed by atoms with Crippen molar-refractivity contribution in [3.8, 4) is 0 Å². The Bertz CT molecular complexity index is 845. The van der Waals surface area contributed by atoms with Crippen LogP contribution in [0.5, 0.6) is 0 Å². The number of aryl methyl sites for hydroxylation is 2. The standard InChI is InChI=1S/C19H22N4O.CH4/c1-13-3-7-20-14(2)18(13)22-19-16-5-9-23(17(16)4-8-21-19)11-15-6-10-24-12-15;/h3-5,7-9,15H,6,10-12H2,1-2H3,(H,21,22);1H4. The number of nitrogens with zero attached hydrogens (tertiary/aromatic N) is 3. The van der Waals surface area contributed by atoms with Crippen LogP contribution in [0.25, 0.3) is 10.9 Å². The Morgan fingerprint density at radius 2 is 2.04 bits per heavy atom. The van der Waals surface area contributed by atoms with Crippen molar-refractivity contribution >= 4 is 22.4 Å². The third kappa shape index (κ3) is 3.37. The van der Waals surface area contributed by atoms with Crippen LogP contribution in [0.4, 0.5) is 11.5 Å². The minimum Gasteiger partial charge on any atom is -0.381 e. The van der Waals surface area contributed by atoms with Gasteiger partial charge in [-0.1, -0.05) is 7.43 Å². The van der Waals surface area contributed by atoms with Crippen molar-refractivity contribution in [2.75, 3.05) is 18.5 Å². The van der Waals surface area contributed by atoms with Gasteiger partial charge in [-0.15, -0.1) is 0 Å². The van der Waals surface area contributed by atoms with Crippen molar-refractivity contribution in [1.82, 2.24) is 14.5 Å². The van der Waals surface area contributed by atoms with E-state index in [1.54, 1.807) is 0 Å². The first kappa shape index (κ1) is 17.4. The SMILES string of the molecule is C.Cc1ccnc(C)c1Nc1nccc2c1ccn2CC1CCOC1. The van der Waals surface area contributed by atoms with Crippen LogP contribution in [-0.2, 0) is 11.3 Å². The van der Waals surface area contributed by atoms with Crippen molar-refractivity contribution in [3.63, 3.8) is 0 Å². The molecule has 5 heteroatoms. The molecule has 3 aromatic rings. The van der Waals surface area contributed by atoms with Crippen LogP contribution in [-0.4, -0.2) is 27.7 Å². The van der Waals surface area contributed by atoms with Gasteiger partial charge in [0.05, 0.1) is 23.5 Å². The van der Waals surface area contributed by atoms with Gasteiger partial charge < -0.3 is 14.6 Å². The number of ether oxygens (including phenoxy) is 1. The summed E-state index contributed by atoms with van der Waals surface area (Å²) in [6.45, 7) is 6.85. The minimum absolute atomic E-state index is 0. The van der Waals surface area contributed by atoms with E-state index >= 15 is 0 Å². The van der Waals surface area contributed by atoms with Gasteiger partial charge in [0.15, 0.2) is 0 Å². The van der Waals surface area contributed by atoms with Gasteiger partial charge in [0, 0.05) is 43.0 Å². The third-order valence-electron chi connectivity index (χ3n) is 4.77. The predicted octanol–water partition coefficient (Wildman–Crippen LogP) is 4.46. The van der Waals surface area contributed by atoms with E-state index in [0.717, 1.165) is 48.8 Å². The monoisotopic (exact) mass is 338 g/mol. The molecule has 4 rings (SSSR count). The highest BCUT2D eigenvalue weighted by Gasteiger charge is 2.17. The fraction of sp³-hybridized carbons (Fsp3) is 0.400. The van der Waals surface area contributed by atoms with E-state index in [0.29, 0.717) is 5.92 Å². The number of aromatic nitrogens is 3. The number of pyridine rings is 2. The maximum atomic E-state index is 5.50. The molecule has 0 spiro atoms. The van der Waals surface area contributed by atoms with E-state index in [4.69, 9.17) is 4.74 Å². The smallest absolute Gasteiger partial charge is 0.139 e. The molecule has 0 radical (unpaired) electrons. The summed E-state index contributed by atoms with van der Waals surface area (Å²) in [4.78, 5) is 8.93. The lowest BCUT2D eigenvalue weighted by atomic mass is 10.1. The Labute approximate surface area is 149 Å². The second-order valence-electron chi connectivity index (χ2n) is 6.50. The molecule has 1 aliphatic rings. The van der Waals surface area contributed by atoms with Gasteiger partial charge in [0.1, 0.15) is 5.82 Å². The summed E-state index contributed by atoms with van der Waals surface area (Å²) in [5, 5.41) is 4.62. The number of nitrogens with one attached hydrogen (secondary N) is 1. The Hall–Kier alpha value is -2.40. The van der Waals surface area contributed by atoms with E-state index < -0.39 is 0 Å². The van der Waals surface area contributed by atoms with Crippen LogP contribution in [0, 0.1) is 19.8 Å². The molecule has 1 unspecified atom stereocenters. The molecular weight excluding hydrogens is 312 g/mol. The van der Waals surface area contributed by atoms with E-state index in [9.17, 15) is 0 Å². The number of fused-ring (bicyclic) bond motifs is 1. The van der Waals surface area contributed by atoms with Gasteiger partial charge in [-0.2, -0.15) is 0 Å². The average Bonchev–Trinajstić information content (AvgIpc) is 3.22. The second kappa shape index (κ2) is 7.23. The zero-order valence-electron chi connectivity index (χ0n) is 14.1. The van der Waals surface area contributed by atoms with Crippen molar-refractivity contribution in [3.05, 3.63) is 48.0 Å². The molecule has 1 aliphatic heterocycles. The number of hydrogen-bond acceptors (Lipinski definition) is 4. The van der Waals surface area contributed by atoms with E-state index in [1.807, 2.05) is 25.4 Å². The molecule has 0 saturated carbocycles. The first-order valence-corrected chi connectivity index (χ1v) is 8.43. The molecule has 1 atom stereocenters. The lowest BCUT2D eigenvalue weighted by Crippen LogP contribution is -2.09. The van der Waals surface area contributed by atoms with Gasteiger partial charge in [-0.25, -0.2) is 4.98 Å². The van der Waals surface area contributed by atoms with Crippen LogP contribution < -0.4 is 5.32 Å². The first-order valence-electron chi connectivity index (χ1n) is 8.43. The third-order valence-corrected chi connectivity index (χ3v) is 4.77. The van der Waals surface area contributed by atoms with Crippen molar-refractivity contribution < 1.29 is 4.74 Å². The molecule has 0 amide bonds. The summed E-state index contributed by atoms with van der Waals surface area (Å²) in [5.41, 5.74) is 4.40. The maximum Gasteiger partial charge on any atom is 0.139 e. The fourth-order valence-electron chi connectivity index (χ4n) is 3.39. The Balaban J connectivity index is 0.00000182. The second-order valence-corrected chi connectivity index (χ2v) is 6.50. The Morgan fingerprint density at radius 1 is 1.20 bits per heavy atom. The van der Waals surface area contributed by atoms with Crippen LogP contribution in [0.15, 0.2) is 36.8 Å². The molecule has 1 fully saturated rings. The van der Waals surface area contributed by atoms with Gasteiger partial charge >= 0.3 is 0 Å². The van der Waals surface area contributed by atoms with Gasteiger partial charge in [-0.3, -0.25) is 4.98 Å². The minimum atomic E-state index is 0. The Kier molecular flexibility index (Phi) is 5.04. The highest BCUT2D eigenvalue weighted by atomic mass is 16.5. The lowest BCUT2D eigenvalue weighted by molar-refractivity contribution is 0.183. The summed E-state index contributed by atoms with van der Waals surface area (Å²) in [6, 6.07) is 6.24. The van der Waals surface area contributed by atoms with Crippen molar-refractivity contribution in [2.24, 2.45) is 5.92 Å². The molecule has 0 aromatic carbocycles. The summed E-state index contributed by atoms with van der Waals surface area (Å²) in [5.74, 6) is 1.49. The molecule has 25 heavy (non-hydrogen) atoms. The molecular formula is C20H26N4O. The van der Waals surface area contributed by atoms with Crippen LogP contribution >= 0.6 is 0 Å². The molecule has 1 saturated heterocycles. The topological polar surface area (TPSA) is 52.0 Å². The fourth-order valence-corrected chi connectivity index (χ4v) is 3.39. The molecule has 1 N–H and O–H groups in total. The lowest BCUT2D eigenvalue weighted by Gasteiger charge is -2.13. The van der Waals surface area contributed by atoms with E-state index in [2.05, 4.69) is 45.1 Å². The number of anilines is 2. The number of hydrogen-bond donors (Lipinski definition) is 1. The molecule has 0 aliphatic carbocycles. The largest absolute Gasteiger partial charge is 0.381 e. The summed E-state index contributed by atoms with van der Waals surface area (Å²) < 4.78 is 7.81. The molecule has 132 valence electrons. The highest BCUT2D eigenvalue weighted by molar-refractivity contribution is 5.92. The summed E-state index contributed by atoms with van der Waals surface area (Å²) in [6.07, 6.45) is 7.00. The quantitative estimate of drug-likeness (QED) is 0.763.